The molecular weight excluding hydrogens is 296 g/mol. The molecule has 0 saturated carbocycles. The summed E-state index contributed by atoms with van der Waals surface area (Å²) >= 11 is 12.2. The van der Waals surface area contributed by atoms with Crippen LogP contribution < -0.4 is 5.32 Å². The van der Waals surface area contributed by atoms with Crippen LogP contribution in [0.4, 0.5) is 4.39 Å². The molecule has 0 aliphatic heterocycles. The van der Waals surface area contributed by atoms with E-state index in [0.29, 0.717) is 10.0 Å². The van der Waals surface area contributed by atoms with Crippen molar-refractivity contribution < 1.29 is 4.39 Å². The molecule has 2 aromatic carbocycles. The van der Waals surface area contributed by atoms with Crippen molar-refractivity contribution in [1.29, 1.82) is 0 Å². The number of benzene rings is 2. The Kier molecular flexibility index (Phi) is 5.03. The van der Waals surface area contributed by atoms with Gasteiger partial charge in [-0.15, -0.1) is 0 Å². The summed E-state index contributed by atoms with van der Waals surface area (Å²) in [6, 6.07) is 12.0. The third-order valence-electron chi connectivity index (χ3n) is 3.29. The molecule has 0 spiro atoms. The number of nitrogens with one attached hydrogen (secondary N) is 1. The lowest BCUT2D eigenvalue weighted by molar-refractivity contribution is 0.494. The minimum Gasteiger partial charge on any atom is -0.304 e. The average molecular weight is 312 g/mol. The fourth-order valence-electron chi connectivity index (χ4n) is 2.16. The highest BCUT2D eigenvalue weighted by Crippen LogP contribution is 2.28. The van der Waals surface area contributed by atoms with E-state index >= 15 is 0 Å². The van der Waals surface area contributed by atoms with Crippen LogP contribution in [0.25, 0.3) is 0 Å². The summed E-state index contributed by atoms with van der Waals surface area (Å²) in [5.41, 5.74) is 1.98. The Balaban J connectivity index is 2.12. The van der Waals surface area contributed by atoms with Gasteiger partial charge in [0.2, 0.25) is 0 Å². The summed E-state index contributed by atoms with van der Waals surface area (Å²) in [7, 11) is 0. The van der Waals surface area contributed by atoms with Crippen LogP contribution in [-0.4, -0.2) is 0 Å². The Bertz CT molecular complexity index is 584. The molecule has 0 heterocycles. The average Bonchev–Trinajstić information content (AvgIpc) is 2.42. The van der Waals surface area contributed by atoms with Crippen LogP contribution in [0, 0.1) is 5.82 Å². The van der Waals surface area contributed by atoms with E-state index in [4.69, 9.17) is 23.2 Å². The second-order valence-corrected chi connectivity index (χ2v) is 5.67. The van der Waals surface area contributed by atoms with E-state index in [2.05, 4.69) is 5.32 Å². The second-order valence-electron chi connectivity index (χ2n) is 4.83. The van der Waals surface area contributed by atoms with Crippen LogP contribution >= 0.6 is 23.2 Å². The van der Waals surface area contributed by atoms with Crippen molar-refractivity contribution in [2.75, 3.05) is 0 Å². The van der Waals surface area contributed by atoms with Crippen LogP contribution in [-0.2, 0) is 0 Å². The van der Waals surface area contributed by atoms with Gasteiger partial charge in [-0.1, -0.05) is 35.3 Å². The highest BCUT2D eigenvalue weighted by molar-refractivity contribution is 6.33. The third-order valence-corrected chi connectivity index (χ3v) is 3.87. The first-order valence-electron chi connectivity index (χ1n) is 6.44. The van der Waals surface area contributed by atoms with Gasteiger partial charge in [0.05, 0.1) is 0 Å². The van der Waals surface area contributed by atoms with Crippen LogP contribution in [0.3, 0.4) is 0 Å². The number of rotatable bonds is 4. The Labute approximate surface area is 128 Å². The van der Waals surface area contributed by atoms with Crippen molar-refractivity contribution in [1.82, 2.24) is 5.32 Å². The maximum atomic E-state index is 12.9. The first-order valence-corrected chi connectivity index (χ1v) is 7.19. The van der Waals surface area contributed by atoms with E-state index in [1.54, 1.807) is 24.3 Å². The maximum Gasteiger partial charge on any atom is 0.123 e. The SMILES string of the molecule is CC(NC(C)c1cc(Cl)ccc1Cl)c1ccc(F)cc1. The van der Waals surface area contributed by atoms with Crippen LogP contribution in [0.15, 0.2) is 42.5 Å². The molecular formula is C16H16Cl2FN. The molecule has 2 aromatic rings. The monoisotopic (exact) mass is 311 g/mol. The highest BCUT2D eigenvalue weighted by Gasteiger charge is 2.14. The minimum absolute atomic E-state index is 0.0428. The molecule has 0 saturated heterocycles. The Hall–Kier alpha value is -1.09. The molecule has 0 aromatic heterocycles. The topological polar surface area (TPSA) is 12.0 Å². The van der Waals surface area contributed by atoms with Gasteiger partial charge < -0.3 is 5.32 Å². The van der Waals surface area contributed by atoms with Gasteiger partial charge in [-0.2, -0.15) is 0 Å². The van der Waals surface area contributed by atoms with E-state index in [0.717, 1.165) is 11.1 Å². The standard InChI is InChI=1S/C16H16Cl2FN/c1-10(12-3-6-14(19)7-4-12)20-11(2)15-9-13(17)5-8-16(15)18/h3-11,20H,1-2H3. The third kappa shape index (κ3) is 3.72. The van der Waals surface area contributed by atoms with E-state index in [1.807, 2.05) is 19.9 Å². The number of hydrogen-bond acceptors (Lipinski definition) is 1. The molecule has 1 nitrogen and oxygen atoms in total. The van der Waals surface area contributed by atoms with E-state index in [-0.39, 0.29) is 17.9 Å². The molecule has 0 bridgehead atoms. The lowest BCUT2D eigenvalue weighted by Crippen LogP contribution is -2.22. The van der Waals surface area contributed by atoms with Gasteiger partial charge in [0.1, 0.15) is 5.82 Å². The molecule has 0 aliphatic carbocycles. The van der Waals surface area contributed by atoms with Crippen molar-refractivity contribution in [3.63, 3.8) is 0 Å². The maximum absolute atomic E-state index is 12.9. The number of hydrogen-bond donors (Lipinski definition) is 1. The molecule has 0 amide bonds. The van der Waals surface area contributed by atoms with E-state index < -0.39 is 0 Å². The first kappa shape index (κ1) is 15.3. The van der Waals surface area contributed by atoms with Gasteiger partial charge in [0, 0.05) is 22.1 Å². The van der Waals surface area contributed by atoms with Crippen LogP contribution in [0.1, 0.15) is 37.1 Å². The van der Waals surface area contributed by atoms with Crippen LogP contribution in [0.5, 0.6) is 0 Å². The smallest absolute Gasteiger partial charge is 0.123 e. The zero-order chi connectivity index (χ0) is 14.7. The summed E-state index contributed by atoms with van der Waals surface area (Å²) in [4.78, 5) is 0. The van der Waals surface area contributed by atoms with Gasteiger partial charge >= 0.3 is 0 Å². The van der Waals surface area contributed by atoms with Gasteiger partial charge in [-0.3, -0.25) is 0 Å². The summed E-state index contributed by atoms with van der Waals surface area (Å²) < 4.78 is 12.9. The molecule has 0 radical (unpaired) electrons. The van der Waals surface area contributed by atoms with Gasteiger partial charge in [-0.05, 0) is 55.3 Å². The van der Waals surface area contributed by atoms with E-state index in [1.165, 1.54) is 12.1 Å². The Morgan fingerprint density at radius 1 is 0.950 bits per heavy atom. The van der Waals surface area contributed by atoms with E-state index in [9.17, 15) is 4.39 Å². The molecule has 4 heteroatoms. The Morgan fingerprint density at radius 3 is 2.25 bits per heavy atom. The minimum atomic E-state index is -0.230. The molecule has 1 N–H and O–H groups in total. The van der Waals surface area contributed by atoms with Gasteiger partial charge in [0.15, 0.2) is 0 Å². The quantitative estimate of drug-likeness (QED) is 0.781. The summed E-state index contributed by atoms with van der Waals surface area (Å²) in [5.74, 6) is -0.230. The molecule has 2 unspecified atom stereocenters. The van der Waals surface area contributed by atoms with Crippen molar-refractivity contribution in [2.45, 2.75) is 25.9 Å². The van der Waals surface area contributed by atoms with Crippen LogP contribution in [0.2, 0.25) is 10.0 Å². The van der Waals surface area contributed by atoms with Crippen molar-refractivity contribution >= 4 is 23.2 Å². The zero-order valence-electron chi connectivity index (χ0n) is 11.3. The summed E-state index contributed by atoms with van der Waals surface area (Å²) in [6.07, 6.45) is 0. The lowest BCUT2D eigenvalue weighted by atomic mass is 10.0. The summed E-state index contributed by atoms with van der Waals surface area (Å²) in [6.45, 7) is 4.06. The number of halogens is 3. The fourth-order valence-corrected chi connectivity index (χ4v) is 2.62. The molecule has 106 valence electrons. The van der Waals surface area contributed by atoms with Crippen molar-refractivity contribution in [3.8, 4) is 0 Å². The van der Waals surface area contributed by atoms with Gasteiger partial charge in [0.25, 0.3) is 0 Å². The molecule has 0 aliphatic rings. The molecule has 20 heavy (non-hydrogen) atoms. The predicted octanol–water partition coefficient (Wildman–Crippen LogP) is 5.54. The molecule has 2 rings (SSSR count). The first-order chi connectivity index (χ1) is 9.47. The highest BCUT2D eigenvalue weighted by atomic mass is 35.5. The predicted molar refractivity (Wildman–Crippen MR) is 82.8 cm³/mol. The second kappa shape index (κ2) is 6.57. The molecule has 0 fully saturated rings. The largest absolute Gasteiger partial charge is 0.304 e. The summed E-state index contributed by atoms with van der Waals surface area (Å²) in [5, 5.41) is 4.78. The Morgan fingerprint density at radius 2 is 1.60 bits per heavy atom. The normalized spacial score (nSPS) is 14.1. The fraction of sp³-hybridized carbons (Fsp3) is 0.250. The van der Waals surface area contributed by atoms with Crippen molar-refractivity contribution in [3.05, 3.63) is 69.5 Å². The van der Waals surface area contributed by atoms with Gasteiger partial charge in [-0.25, -0.2) is 4.39 Å². The van der Waals surface area contributed by atoms with Crippen molar-refractivity contribution in [2.24, 2.45) is 0 Å². The lowest BCUT2D eigenvalue weighted by Gasteiger charge is -2.21. The molecule has 2 atom stereocenters. The zero-order valence-corrected chi connectivity index (χ0v) is 12.8.